The van der Waals surface area contributed by atoms with Crippen molar-refractivity contribution in [3.8, 4) is 0 Å². The van der Waals surface area contributed by atoms with Crippen molar-refractivity contribution in [3.63, 3.8) is 0 Å². The molecule has 0 aromatic carbocycles. The number of rotatable bonds is 3. The van der Waals surface area contributed by atoms with Crippen molar-refractivity contribution in [1.29, 1.82) is 0 Å². The Balaban J connectivity index is 2.21. The summed E-state index contributed by atoms with van der Waals surface area (Å²) >= 11 is 3.43. The first-order valence-electron chi connectivity index (χ1n) is 4.70. The second kappa shape index (κ2) is 5.20. The molecule has 12 heavy (non-hydrogen) atoms. The third-order valence-electron chi connectivity index (χ3n) is 2.55. The molecular weight excluding hydrogens is 218 g/mol. The minimum Gasteiger partial charge on any atom is -0.393 e. The van der Waals surface area contributed by atoms with Crippen LogP contribution in [-0.2, 0) is 0 Å². The van der Waals surface area contributed by atoms with Crippen LogP contribution in [0.1, 0.15) is 19.8 Å². The molecule has 2 unspecified atom stereocenters. The number of aliphatic hydroxyl groups is 1. The zero-order valence-corrected chi connectivity index (χ0v) is 9.26. The van der Waals surface area contributed by atoms with E-state index in [0.717, 1.165) is 24.8 Å². The van der Waals surface area contributed by atoms with Crippen molar-refractivity contribution < 1.29 is 5.11 Å². The summed E-state index contributed by atoms with van der Waals surface area (Å²) in [4.78, 5) is 2.44. The van der Waals surface area contributed by atoms with Crippen LogP contribution in [0.4, 0.5) is 0 Å². The van der Waals surface area contributed by atoms with Crippen molar-refractivity contribution in [3.05, 3.63) is 0 Å². The number of likely N-dealkylation sites (tertiary alicyclic amines) is 1. The molecule has 1 fully saturated rings. The molecule has 1 rings (SSSR count). The van der Waals surface area contributed by atoms with Crippen LogP contribution in [0.15, 0.2) is 0 Å². The van der Waals surface area contributed by atoms with Gasteiger partial charge >= 0.3 is 0 Å². The monoisotopic (exact) mass is 235 g/mol. The van der Waals surface area contributed by atoms with E-state index in [2.05, 4.69) is 27.8 Å². The first-order valence-corrected chi connectivity index (χ1v) is 5.82. The number of alkyl halides is 1. The Kier molecular flexibility index (Phi) is 4.54. The van der Waals surface area contributed by atoms with Crippen LogP contribution in [0.5, 0.6) is 0 Å². The van der Waals surface area contributed by atoms with Crippen LogP contribution in [-0.4, -0.2) is 41.1 Å². The summed E-state index contributed by atoms with van der Waals surface area (Å²) in [5, 5.41) is 10.6. The summed E-state index contributed by atoms with van der Waals surface area (Å²) in [5.41, 5.74) is 0. The van der Waals surface area contributed by atoms with E-state index in [9.17, 15) is 5.11 Å². The van der Waals surface area contributed by atoms with E-state index in [1.54, 1.807) is 0 Å². The molecule has 0 amide bonds. The fraction of sp³-hybridized carbons (Fsp3) is 1.00. The van der Waals surface area contributed by atoms with Gasteiger partial charge in [0.25, 0.3) is 0 Å². The van der Waals surface area contributed by atoms with Gasteiger partial charge in [0.05, 0.1) is 6.10 Å². The molecule has 1 saturated heterocycles. The van der Waals surface area contributed by atoms with Crippen molar-refractivity contribution in [2.45, 2.75) is 25.9 Å². The molecule has 2 nitrogen and oxygen atoms in total. The summed E-state index contributed by atoms with van der Waals surface area (Å²) < 4.78 is 0. The lowest BCUT2D eigenvalue weighted by atomic mass is 9.97. The summed E-state index contributed by atoms with van der Waals surface area (Å²) in [7, 11) is 0. The van der Waals surface area contributed by atoms with Gasteiger partial charge in [-0.2, -0.15) is 0 Å². The highest BCUT2D eigenvalue weighted by atomic mass is 79.9. The molecule has 1 aliphatic heterocycles. The molecular formula is C9H18BrNO. The second-order valence-electron chi connectivity index (χ2n) is 3.68. The average Bonchev–Trinajstić information content (AvgIpc) is 2.07. The van der Waals surface area contributed by atoms with E-state index in [0.29, 0.717) is 5.92 Å². The summed E-state index contributed by atoms with van der Waals surface area (Å²) in [6.45, 7) is 5.43. The van der Waals surface area contributed by atoms with Gasteiger partial charge in [0.1, 0.15) is 0 Å². The van der Waals surface area contributed by atoms with Crippen molar-refractivity contribution in [2.24, 2.45) is 5.92 Å². The Morgan fingerprint density at radius 1 is 1.58 bits per heavy atom. The van der Waals surface area contributed by atoms with Gasteiger partial charge in [0.15, 0.2) is 0 Å². The predicted molar refractivity (Wildman–Crippen MR) is 54.6 cm³/mol. The summed E-state index contributed by atoms with van der Waals surface area (Å²) in [5.74, 6) is 0.453. The maximum atomic E-state index is 9.48. The fourth-order valence-corrected chi connectivity index (χ4v) is 1.96. The molecule has 1 heterocycles. The van der Waals surface area contributed by atoms with Crippen LogP contribution in [0, 0.1) is 5.92 Å². The lowest BCUT2D eigenvalue weighted by Crippen LogP contribution is -2.42. The number of aliphatic hydroxyl groups excluding tert-OH is 1. The molecule has 1 N–H and O–H groups in total. The maximum Gasteiger partial charge on any atom is 0.0590 e. The summed E-state index contributed by atoms with van der Waals surface area (Å²) in [6.07, 6.45) is 2.09. The Bertz CT molecular complexity index is 130. The number of piperidine rings is 1. The van der Waals surface area contributed by atoms with E-state index >= 15 is 0 Å². The molecule has 0 aromatic heterocycles. The minimum absolute atomic E-state index is 0.0646. The molecule has 0 radical (unpaired) electrons. The molecule has 1 aliphatic rings. The molecule has 0 saturated carbocycles. The van der Waals surface area contributed by atoms with Gasteiger partial charge in [-0.25, -0.2) is 0 Å². The lowest BCUT2D eigenvalue weighted by Gasteiger charge is -2.34. The average molecular weight is 236 g/mol. The third kappa shape index (κ3) is 3.04. The Morgan fingerprint density at radius 3 is 2.92 bits per heavy atom. The van der Waals surface area contributed by atoms with Crippen LogP contribution < -0.4 is 0 Å². The maximum absolute atomic E-state index is 9.48. The van der Waals surface area contributed by atoms with E-state index in [4.69, 9.17) is 0 Å². The third-order valence-corrected chi connectivity index (χ3v) is 3.11. The minimum atomic E-state index is -0.0646. The zero-order valence-electron chi connectivity index (χ0n) is 7.67. The molecule has 0 aromatic rings. The van der Waals surface area contributed by atoms with Crippen LogP contribution in [0.2, 0.25) is 0 Å². The molecule has 2 atom stereocenters. The van der Waals surface area contributed by atoms with E-state index in [1.807, 2.05) is 0 Å². The Hall–Kier alpha value is 0.400. The SMILES string of the molecule is CC1CN(CCCBr)CCC1O. The number of hydrogen-bond acceptors (Lipinski definition) is 2. The molecule has 3 heteroatoms. The Morgan fingerprint density at radius 2 is 2.33 bits per heavy atom. The Labute approximate surface area is 83.1 Å². The van der Waals surface area contributed by atoms with Gasteiger partial charge in [-0.3, -0.25) is 0 Å². The highest BCUT2D eigenvalue weighted by Gasteiger charge is 2.23. The van der Waals surface area contributed by atoms with Crippen molar-refractivity contribution >= 4 is 15.9 Å². The van der Waals surface area contributed by atoms with Crippen LogP contribution in [0.3, 0.4) is 0 Å². The van der Waals surface area contributed by atoms with Gasteiger partial charge in [-0.05, 0) is 25.3 Å². The highest BCUT2D eigenvalue weighted by Crippen LogP contribution is 2.16. The first-order chi connectivity index (χ1) is 5.74. The number of nitrogens with zero attached hydrogens (tertiary/aromatic N) is 1. The standard InChI is InChI=1S/C9H18BrNO/c1-8-7-11(5-2-4-10)6-3-9(8)12/h8-9,12H,2-7H2,1H3. The quantitative estimate of drug-likeness (QED) is 0.750. The van der Waals surface area contributed by atoms with Crippen molar-refractivity contribution in [1.82, 2.24) is 4.90 Å². The first kappa shape index (κ1) is 10.5. The normalized spacial score (nSPS) is 32.2. The van der Waals surface area contributed by atoms with E-state index in [-0.39, 0.29) is 6.10 Å². The zero-order chi connectivity index (χ0) is 8.97. The summed E-state index contributed by atoms with van der Waals surface area (Å²) in [6, 6.07) is 0. The predicted octanol–water partition coefficient (Wildman–Crippen LogP) is 1.47. The highest BCUT2D eigenvalue weighted by molar-refractivity contribution is 9.09. The lowest BCUT2D eigenvalue weighted by molar-refractivity contribution is 0.0353. The number of hydrogen-bond donors (Lipinski definition) is 1. The van der Waals surface area contributed by atoms with E-state index in [1.165, 1.54) is 13.0 Å². The molecule has 0 spiro atoms. The van der Waals surface area contributed by atoms with E-state index < -0.39 is 0 Å². The van der Waals surface area contributed by atoms with Gasteiger partial charge in [0, 0.05) is 18.4 Å². The van der Waals surface area contributed by atoms with Gasteiger partial charge < -0.3 is 10.0 Å². The van der Waals surface area contributed by atoms with Gasteiger partial charge in [0.2, 0.25) is 0 Å². The van der Waals surface area contributed by atoms with Crippen molar-refractivity contribution in [2.75, 3.05) is 25.0 Å². The topological polar surface area (TPSA) is 23.5 Å². The molecule has 0 bridgehead atoms. The van der Waals surface area contributed by atoms with Crippen LogP contribution >= 0.6 is 15.9 Å². The van der Waals surface area contributed by atoms with Gasteiger partial charge in [-0.15, -0.1) is 0 Å². The molecule has 0 aliphatic carbocycles. The molecule has 72 valence electrons. The fourth-order valence-electron chi connectivity index (χ4n) is 1.71. The van der Waals surface area contributed by atoms with Gasteiger partial charge in [-0.1, -0.05) is 22.9 Å². The smallest absolute Gasteiger partial charge is 0.0590 e. The second-order valence-corrected chi connectivity index (χ2v) is 4.47. The van der Waals surface area contributed by atoms with Crippen LogP contribution in [0.25, 0.3) is 0 Å². The largest absolute Gasteiger partial charge is 0.393 e. The number of halogens is 1.